The van der Waals surface area contributed by atoms with Gasteiger partial charge >= 0.3 is 6.61 Å². The van der Waals surface area contributed by atoms with Crippen LogP contribution in [0.3, 0.4) is 0 Å². The van der Waals surface area contributed by atoms with E-state index in [0.29, 0.717) is 12.0 Å². The van der Waals surface area contributed by atoms with Crippen molar-refractivity contribution in [3.63, 3.8) is 0 Å². The first kappa shape index (κ1) is 16.4. The molecule has 0 aromatic heterocycles. The van der Waals surface area contributed by atoms with Crippen LogP contribution in [0.25, 0.3) is 0 Å². The summed E-state index contributed by atoms with van der Waals surface area (Å²) < 4.78 is 29.1. The minimum absolute atomic E-state index is 0.0658. The fraction of sp³-hybridized carbons (Fsp3) is 0.500. The summed E-state index contributed by atoms with van der Waals surface area (Å²) in [7, 11) is 0. The highest BCUT2D eigenvalue weighted by molar-refractivity contribution is 5.79. The summed E-state index contributed by atoms with van der Waals surface area (Å²) in [4.78, 5) is 11.9. The van der Waals surface area contributed by atoms with Crippen molar-refractivity contribution in [3.05, 3.63) is 29.8 Å². The number of benzene rings is 1. The van der Waals surface area contributed by atoms with Gasteiger partial charge in [-0.2, -0.15) is 8.78 Å². The van der Waals surface area contributed by atoms with E-state index in [2.05, 4.69) is 10.1 Å². The summed E-state index contributed by atoms with van der Waals surface area (Å²) in [6, 6.07) is 5.97. The molecule has 0 aliphatic heterocycles. The number of carbonyl (C=O) groups is 1. The Kier molecular flexibility index (Phi) is 6.38. The molecule has 2 unspecified atom stereocenters. The van der Waals surface area contributed by atoms with Crippen LogP contribution in [0.4, 0.5) is 8.78 Å². The van der Waals surface area contributed by atoms with Crippen LogP contribution in [0.5, 0.6) is 5.75 Å². The van der Waals surface area contributed by atoms with Crippen LogP contribution in [0.2, 0.25) is 0 Å². The van der Waals surface area contributed by atoms with E-state index in [1.807, 2.05) is 6.92 Å². The zero-order chi connectivity index (χ0) is 15.1. The topological polar surface area (TPSA) is 64.4 Å². The van der Waals surface area contributed by atoms with Gasteiger partial charge in [-0.1, -0.05) is 25.1 Å². The van der Waals surface area contributed by atoms with Gasteiger partial charge in [0.2, 0.25) is 5.91 Å². The van der Waals surface area contributed by atoms with Crippen molar-refractivity contribution in [2.45, 2.75) is 32.9 Å². The molecule has 2 atom stereocenters. The van der Waals surface area contributed by atoms with E-state index < -0.39 is 12.7 Å². The second kappa shape index (κ2) is 7.79. The molecule has 20 heavy (non-hydrogen) atoms. The van der Waals surface area contributed by atoms with Gasteiger partial charge in [0.15, 0.2) is 0 Å². The van der Waals surface area contributed by atoms with Gasteiger partial charge in [0.1, 0.15) is 5.75 Å². The Morgan fingerprint density at radius 3 is 2.60 bits per heavy atom. The van der Waals surface area contributed by atoms with Crippen molar-refractivity contribution in [1.29, 1.82) is 0 Å². The number of rotatable bonds is 7. The third kappa shape index (κ3) is 4.45. The van der Waals surface area contributed by atoms with E-state index in [4.69, 9.17) is 5.73 Å². The minimum atomic E-state index is -2.90. The second-order valence-corrected chi connectivity index (χ2v) is 4.49. The quantitative estimate of drug-likeness (QED) is 0.809. The van der Waals surface area contributed by atoms with Gasteiger partial charge in [0, 0.05) is 18.0 Å². The zero-order valence-corrected chi connectivity index (χ0v) is 11.6. The maximum Gasteiger partial charge on any atom is 0.387 e. The van der Waals surface area contributed by atoms with Crippen LogP contribution in [0, 0.1) is 5.92 Å². The predicted molar refractivity (Wildman–Crippen MR) is 72.5 cm³/mol. The number of carbonyl (C=O) groups excluding carboxylic acids is 1. The highest BCUT2D eigenvalue weighted by Crippen LogP contribution is 2.26. The van der Waals surface area contributed by atoms with E-state index in [9.17, 15) is 13.6 Å². The van der Waals surface area contributed by atoms with Crippen LogP contribution in [0.15, 0.2) is 24.3 Å². The number of halogens is 2. The standard InChI is InChI=1S/C14H20F2N2O2/c1-3-10(8-17)13(19)18-9(2)11-6-4-5-7-12(11)20-14(15)16/h4-7,9-10,14H,3,8,17H2,1-2H3,(H,18,19). The van der Waals surface area contributed by atoms with Crippen LogP contribution in [-0.4, -0.2) is 19.1 Å². The average Bonchev–Trinajstić information content (AvgIpc) is 2.39. The molecule has 6 heteroatoms. The molecule has 0 aliphatic rings. The number of amides is 1. The molecular formula is C14H20F2N2O2. The van der Waals surface area contributed by atoms with Gasteiger partial charge in [-0.25, -0.2) is 0 Å². The number of hydrogen-bond donors (Lipinski definition) is 2. The minimum Gasteiger partial charge on any atom is -0.434 e. The number of hydrogen-bond acceptors (Lipinski definition) is 3. The summed E-state index contributed by atoms with van der Waals surface area (Å²) in [6.07, 6.45) is 0.629. The van der Waals surface area contributed by atoms with Gasteiger partial charge in [-0.15, -0.1) is 0 Å². The Hall–Kier alpha value is -1.69. The zero-order valence-electron chi connectivity index (χ0n) is 11.6. The molecule has 4 nitrogen and oxygen atoms in total. The van der Waals surface area contributed by atoms with Crippen molar-refractivity contribution >= 4 is 5.91 Å². The van der Waals surface area contributed by atoms with E-state index in [0.717, 1.165) is 0 Å². The fourth-order valence-electron chi connectivity index (χ4n) is 1.91. The number of para-hydroxylation sites is 1. The Bertz CT molecular complexity index is 437. The lowest BCUT2D eigenvalue weighted by Gasteiger charge is -2.20. The molecule has 1 rings (SSSR count). The van der Waals surface area contributed by atoms with Crippen LogP contribution < -0.4 is 15.8 Å². The lowest BCUT2D eigenvalue weighted by Crippen LogP contribution is -2.36. The molecule has 1 aromatic rings. The number of nitrogens with two attached hydrogens (primary N) is 1. The first-order valence-corrected chi connectivity index (χ1v) is 6.53. The lowest BCUT2D eigenvalue weighted by atomic mass is 10.0. The average molecular weight is 286 g/mol. The first-order valence-electron chi connectivity index (χ1n) is 6.53. The molecule has 0 radical (unpaired) electrons. The third-order valence-corrected chi connectivity index (χ3v) is 3.11. The molecule has 0 aliphatic carbocycles. The molecule has 0 saturated heterocycles. The fourth-order valence-corrected chi connectivity index (χ4v) is 1.91. The summed E-state index contributed by atoms with van der Waals surface area (Å²) in [5.41, 5.74) is 6.02. The van der Waals surface area contributed by atoms with Gasteiger partial charge in [-0.3, -0.25) is 4.79 Å². The third-order valence-electron chi connectivity index (χ3n) is 3.11. The number of ether oxygens (including phenoxy) is 1. The highest BCUT2D eigenvalue weighted by atomic mass is 19.3. The van der Waals surface area contributed by atoms with Crippen LogP contribution >= 0.6 is 0 Å². The van der Waals surface area contributed by atoms with Crippen molar-refractivity contribution in [2.24, 2.45) is 11.7 Å². The molecule has 1 aromatic carbocycles. The molecule has 3 N–H and O–H groups in total. The molecule has 112 valence electrons. The van der Waals surface area contributed by atoms with Crippen molar-refractivity contribution in [1.82, 2.24) is 5.32 Å². The summed E-state index contributed by atoms with van der Waals surface area (Å²) in [6.45, 7) is 0.945. The molecule has 0 saturated carbocycles. The largest absolute Gasteiger partial charge is 0.434 e. The van der Waals surface area contributed by atoms with Crippen molar-refractivity contribution < 1.29 is 18.3 Å². The number of alkyl halides is 2. The number of nitrogens with one attached hydrogen (secondary N) is 1. The predicted octanol–water partition coefficient (Wildman–Crippen LogP) is 2.45. The SMILES string of the molecule is CCC(CN)C(=O)NC(C)c1ccccc1OC(F)F. The highest BCUT2D eigenvalue weighted by Gasteiger charge is 2.20. The Morgan fingerprint density at radius 2 is 2.05 bits per heavy atom. The van der Waals surface area contributed by atoms with Crippen LogP contribution in [0.1, 0.15) is 31.9 Å². The molecule has 0 heterocycles. The smallest absolute Gasteiger partial charge is 0.387 e. The molecule has 0 fully saturated rings. The molecule has 0 spiro atoms. The van der Waals surface area contributed by atoms with E-state index in [1.54, 1.807) is 25.1 Å². The maximum absolute atomic E-state index is 12.3. The normalized spacial score (nSPS) is 13.9. The van der Waals surface area contributed by atoms with Crippen molar-refractivity contribution in [3.8, 4) is 5.75 Å². The summed E-state index contributed by atoms with van der Waals surface area (Å²) in [5.74, 6) is -0.397. The van der Waals surface area contributed by atoms with Gasteiger partial charge in [-0.05, 0) is 19.4 Å². The van der Waals surface area contributed by atoms with Gasteiger partial charge < -0.3 is 15.8 Å². The van der Waals surface area contributed by atoms with Gasteiger partial charge in [0.25, 0.3) is 0 Å². The summed E-state index contributed by atoms with van der Waals surface area (Å²) in [5, 5.41) is 2.77. The van der Waals surface area contributed by atoms with E-state index in [1.165, 1.54) is 6.07 Å². The Balaban J connectivity index is 2.81. The Labute approximate surface area is 117 Å². The second-order valence-electron chi connectivity index (χ2n) is 4.49. The van der Waals surface area contributed by atoms with Crippen LogP contribution in [-0.2, 0) is 4.79 Å². The molecule has 0 bridgehead atoms. The van der Waals surface area contributed by atoms with E-state index >= 15 is 0 Å². The van der Waals surface area contributed by atoms with Crippen molar-refractivity contribution in [2.75, 3.05) is 6.54 Å². The lowest BCUT2D eigenvalue weighted by molar-refractivity contribution is -0.125. The Morgan fingerprint density at radius 1 is 1.40 bits per heavy atom. The molecular weight excluding hydrogens is 266 g/mol. The van der Waals surface area contributed by atoms with Gasteiger partial charge in [0.05, 0.1) is 6.04 Å². The molecule has 1 amide bonds. The summed E-state index contributed by atoms with van der Waals surface area (Å²) >= 11 is 0. The monoisotopic (exact) mass is 286 g/mol. The maximum atomic E-state index is 12.3. The first-order chi connectivity index (χ1) is 9.49. The van der Waals surface area contributed by atoms with E-state index in [-0.39, 0.29) is 24.1 Å².